The topological polar surface area (TPSA) is 113 Å². The lowest BCUT2D eigenvalue weighted by atomic mass is 10.1. The van der Waals surface area contributed by atoms with Crippen molar-refractivity contribution in [3.05, 3.63) is 53.6 Å². The number of para-hydroxylation sites is 1. The normalized spacial score (nSPS) is 10.9. The van der Waals surface area contributed by atoms with Crippen LogP contribution in [0.2, 0.25) is 0 Å². The van der Waals surface area contributed by atoms with Crippen molar-refractivity contribution in [3.63, 3.8) is 0 Å². The summed E-state index contributed by atoms with van der Waals surface area (Å²) in [5, 5.41) is 11.7. The lowest BCUT2D eigenvalue weighted by molar-refractivity contribution is -0.114. The number of sulfonamides is 1. The molecular weight excluding hydrogens is 332 g/mol. The van der Waals surface area contributed by atoms with Crippen molar-refractivity contribution in [3.8, 4) is 0 Å². The van der Waals surface area contributed by atoms with Gasteiger partial charge >= 0.3 is 5.97 Å². The molecule has 0 saturated heterocycles. The molecule has 0 unspecified atom stereocenters. The molecule has 24 heavy (non-hydrogen) atoms. The van der Waals surface area contributed by atoms with Gasteiger partial charge in [0.15, 0.2) is 0 Å². The van der Waals surface area contributed by atoms with Crippen LogP contribution in [0.25, 0.3) is 0 Å². The zero-order valence-electron chi connectivity index (χ0n) is 13.0. The van der Waals surface area contributed by atoms with E-state index in [2.05, 4.69) is 10.0 Å². The maximum absolute atomic E-state index is 12.5. The fourth-order valence-corrected chi connectivity index (χ4v) is 3.25. The minimum atomic E-state index is -3.96. The molecule has 0 radical (unpaired) electrons. The monoisotopic (exact) mass is 348 g/mol. The van der Waals surface area contributed by atoms with Crippen molar-refractivity contribution < 1.29 is 23.1 Å². The highest BCUT2D eigenvalue weighted by atomic mass is 32.2. The maximum Gasteiger partial charge on any atom is 0.337 e. The largest absolute Gasteiger partial charge is 0.478 e. The highest BCUT2D eigenvalue weighted by Crippen LogP contribution is 2.24. The second-order valence-corrected chi connectivity index (χ2v) is 6.80. The van der Waals surface area contributed by atoms with E-state index in [4.69, 9.17) is 0 Å². The lowest BCUT2D eigenvalue weighted by Crippen LogP contribution is -2.16. The number of carboxylic acids is 1. The number of aryl methyl sites for hydroxylation is 1. The van der Waals surface area contributed by atoms with E-state index in [0.29, 0.717) is 11.3 Å². The van der Waals surface area contributed by atoms with Crippen molar-refractivity contribution in [2.24, 2.45) is 0 Å². The molecule has 0 bridgehead atoms. The van der Waals surface area contributed by atoms with Crippen molar-refractivity contribution in [2.75, 3.05) is 10.0 Å². The third kappa shape index (κ3) is 3.90. The summed E-state index contributed by atoms with van der Waals surface area (Å²) in [6, 6.07) is 10.0. The number of aromatic carboxylic acids is 1. The first-order valence-corrected chi connectivity index (χ1v) is 8.42. The molecule has 0 aromatic heterocycles. The van der Waals surface area contributed by atoms with Gasteiger partial charge in [-0.1, -0.05) is 12.1 Å². The minimum Gasteiger partial charge on any atom is -0.478 e. The molecule has 0 atom stereocenters. The van der Waals surface area contributed by atoms with Gasteiger partial charge < -0.3 is 10.4 Å². The second kappa shape index (κ2) is 6.71. The van der Waals surface area contributed by atoms with Crippen LogP contribution in [0, 0.1) is 6.92 Å². The summed E-state index contributed by atoms with van der Waals surface area (Å²) < 4.78 is 27.3. The summed E-state index contributed by atoms with van der Waals surface area (Å²) in [4.78, 5) is 22.2. The van der Waals surface area contributed by atoms with E-state index in [-0.39, 0.29) is 22.1 Å². The Labute approximate surface area is 139 Å². The number of nitrogens with one attached hydrogen (secondary N) is 2. The Balaban J connectivity index is 2.36. The number of benzene rings is 2. The molecule has 7 nitrogen and oxygen atoms in total. The molecule has 0 spiro atoms. The quantitative estimate of drug-likeness (QED) is 0.768. The number of amides is 1. The van der Waals surface area contributed by atoms with Crippen LogP contribution in [0.1, 0.15) is 22.8 Å². The van der Waals surface area contributed by atoms with Crippen LogP contribution in [0.5, 0.6) is 0 Å². The first-order valence-electron chi connectivity index (χ1n) is 6.94. The number of anilines is 2. The molecule has 2 aromatic rings. The van der Waals surface area contributed by atoms with Crippen LogP contribution in [0.15, 0.2) is 47.4 Å². The highest BCUT2D eigenvalue weighted by molar-refractivity contribution is 7.92. The van der Waals surface area contributed by atoms with E-state index in [0.717, 1.165) is 0 Å². The van der Waals surface area contributed by atoms with E-state index in [9.17, 15) is 23.1 Å². The molecule has 126 valence electrons. The standard InChI is InChI=1S/C16H16N2O5S/c1-10-4-3-5-14(16(20)21)15(10)18-24(22,23)13-8-6-12(7-9-13)17-11(2)19/h3-9,18H,1-2H3,(H,17,19)(H,20,21). The van der Waals surface area contributed by atoms with E-state index in [1.54, 1.807) is 19.1 Å². The van der Waals surface area contributed by atoms with E-state index >= 15 is 0 Å². The zero-order valence-corrected chi connectivity index (χ0v) is 13.8. The second-order valence-electron chi connectivity index (χ2n) is 5.11. The summed E-state index contributed by atoms with van der Waals surface area (Å²) in [5.74, 6) is -1.49. The summed E-state index contributed by atoms with van der Waals surface area (Å²) in [5.41, 5.74) is 0.848. The van der Waals surface area contributed by atoms with Gasteiger partial charge in [0.1, 0.15) is 0 Å². The van der Waals surface area contributed by atoms with Crippen LogP contribution < -0.4 is 10.0 Å². The van der Waals surface area contributed by atoms with E-state index in [1.807, 2.05) is 0 Å². The molecule has 8 heteroatoms. The van der Waals surface area contributed by atoms with Crippen LogP contribution in [0.4, 0.5) is 11.4 Å². The van der Waals surface area contributed by atoms with Gasteiger partial charge in [-0.2, -0.15) is 0 Å². The summed E-state index contributed by atoms with van der Waals surface area (Å²) in [6.45, 7) is 2.96. The number of hydrogen-bond acceptors (Lipinski definition) is 4. The van der Waals surface area contributed by atoms with Gasteiger partial charge in [-0.25, -0.2) is 13.2 Å². The Bertz CT molecular complexity index is 889. The molecule has 0 fully saturated rings. The third-order valence-corrected chi connectivity index (χ3v) is 4.59. The number of carboxylic acid groups (broad SMARTS) is 1. The Morgan fingerprint density at radius 1 is 1.04 bits per heavy atom. The van der Waals surface area contributed by atoms with Gasteiger partial charge in [-0.3, -0.25) is 9.52 Å². The van der Waals surface area contributed by atoms with Crippen LogP contribution in [-0.4, -0.2) is 25.4 Å². The Hall–Kier alpha value is -2.87. The third-order valence-electron chi connectivity index (χ3n) is 3.22. The number of rotatable bonds is 5. The number of hydrogen-bond donors (Lipinski definition) is 3. The van der Waals surface area contributed by atoms with Crippen LogP contribution in [-0.2, 0) is 14.8 Å². The molecule has 2 rings (SSSR count). The predicted octanol–water partition coefficient (Wildman–Crippen LogP) is 2.45. The summed E-state index contributed by atoms with van der Waals surface area (Å²) in [6.07, 6.45) is 0. The summed E-state index contributed by atoms with van der Waals surface area (Å²) in [7, 11) is -3.96. The Morgan fingerprint density at radius 2 is 1.67 bits per heavy atom. The molecule has 0 heterocycles. The molecule has 0 aliphatic carbocycles. The maximum atomic E-state index is 12.5. The lowest BCUT2D eigenvalue weighted by Gasteiger charge is -2.13. The summed E-state index contributed by atoms with van der Waals surface area (Å²) >= 11 is 0. The molecule has 0 aliphatic heterocycles. The van der Waals surface area contributed by atoms with Gasteiger partial charge in [0.25, 0.3) is 10.0 Å². The molecule has 0 aliphatic rings. The van der Waals surface area contributed by atoms with Gasteiger partial charge in [-0.05, 0) is 42.8 Å². The zero-order chi connectivity index (χ0) is 17.9. The highest BCUT2D eigenvalue weighted by Gasteiger charge is 2.20. The molecule has 1 amide bonds. The molecule has 2 aromatic carbocycles. The first-order chi connectivity index (χ1) is 11.2. The van der Waals surface area contributed by atoms with Crippen molar-refractivity contribution >= 4 is 33.3 Å². The molecule has 0 saturated carbocycles. The van der Waals surface area contributed by atoms with Crippen molar-refractivity contribution in [1.82, 2.24) is 0 Å². The molecular formula is C16H16N2O5S. The fraction of sp³-hybridized carbons (Fsp3) is 0.125. The number of carbonyl (C=O) groups excluding carboxylic acids is 1. The van der Waals surface area contributed by atoms with Crippen molar-refractivity contribution in [1.29, 1.82) is 0 Å². The fourth-order valence-electron chi connectivity index (χ4n) is 2.10. The van der Waals surface area contributed by atoms with E-state index in [1.165, 1.54) is 37.3 Å². The predicted molar refractivity (Wildman–Crippen MR) is 89.7 cm³/mol. The van der Waals surface area contributed by atoms with Gasteiger partial charge in [0.05, 0.1) is 16.1 Å². The Morgan fingerprint density at radius 3 is 2.21 bits per heavy atom. The Kier molecular flexibility index (Phi) is 4.89. The van der Waals surface area contributed by atoms with E-state index < -0.39 is 16.0 Å². The molecule has 3 N–H and O–H groups in total. The van der Waals surface area contributed by atoms with Gasteiger partial charge in [0, 0.05) is 12.6 Å². The SMILES string of the molecule is CC(=O)Nc1ccc(S(=O)(=O)Nc2c(C)cccc2C(=O)O)cc1. The van der Waals surface area contributed by atoms with Gasteiger partial charge in [-0.15, -0.1) is 0 Å². The first kappa shape index (κ1) is 17.5. The van der Waals surface area contributed by atoms with Crippen LogP contribution >= 0.6 is 0 Å². The van der Waals surface area contributed by atoms with Crippen molar-refractivity contribution in [2.45, 2.75) is 18.7 Å². The smallest absolute Gasteiger partial charge is 0.337 e. The van der Waals surface area contributed by atoms with Gasteiger partial charge in [0.2, 0.25) is 5.91 Å². The average molecular weight is 348 g/mol. The average Bonchev–Trinajstić information content (AvgIpc) is 2.49. The number of carbonyl (C=O) groups is 2. The minimum absolute atomic E-state index is 0.0240. The van der Waals surface area contributed by atoms with Crippen LogP contribution in [0.3, 0.4) is 0 Å².